The summed E-state index contributed by atoms with van der Waals surface area (Å²) in [5, 5.41) is 26.9. The van der Waals surface area contributed by atoms with Crippen molar-refractivity contribution in [1.29, 1.82) is 0 Å². The molecule has 0 aliphatic heterocycles. The first-order valence-corrected chi connectivity index (χ1v) is 4.28. The SMILES string of the molecule is Cc1cc(F)cc(C(O)C(O)C(=O)O)c1. The Bertz CT molecular complexity index is 357. The number of aliphatic hydroxyl groups is 2. The van der Waals surface area contributed by atoms with Gasteiger partial charge in [0.2, 0.25) is 0 Å². The number of aliphatic carboxylic acids is 1. The van der Waals surface area contributed by atoms with E-state index in [1.807, 2.05) is 0 Å². The highest BCUT2D eigenvalue weighted by Crippen LogP contribution is 2.19. The van der Waals surface area contributed by atoms with Crippen molar-refractivity contribution in [3.05, 3.63) is 35.1 Å². The average Bonchev–Trinajstić information content (AvgIpc) is 2.13. The number of benzene rings is 1. The maximum absolute atomic E-state index is 12.9. The molecule has 0 fully saturated rings. The Morgan fingerprint density at radius 2 is 1.93 bits per heavy atom. The average molecular weight is 214 g/mol. The molecule has 0 heterocycles. The second kappa shape index (κ2) is 4.37. The van der Waals surface area contributed by atoms with Gasteiger partial charge in [0.15, 0.2) is 6.10 Å². The standard InChI is InChI=1S/C10H11FO4/c1-5-2-6(4-7(11)3-5)8(12)9(13)10(14)15/h2-4,8-9,12-13H,1H3,(H,14,15). The second-order valence-electron chi connectivity index (χ2n) is 3.29. The van der Waals surface area contributed by atoms with Gasteiger partial charge in [-0.2, -0.15) is 0 Å². The first-order valence-electron chi connectivity index (χ1n) is 4.28. The number of aryl methyl sites for hydroxylation is 1. The summed E-state index contributed by atoms with van der Waals surface area (Å²) >= 11 is 0. The Hall–Kier alpha value is -1.46. The van der Waals surface area contributed by atoms with Crippen LogP contribution in [0.3, 0.4) is 0 Å². The molecule has 1 aromatic rings. The van der Waals surface area contributed by atoms with E-state index in [-0.39, 0.29) is 5.56 Å². The summed E-state index contributed by atoms with van der Waals surface area (Å²) in [5.74, 6) is -2.13. The number of hydrogen-bond donors (Lipinski definition) is 3. The van der Waals surface area contributed by atoms with Crippen molar-refractivity contribution in [2.75, 3.05) is 0 Å². The fourth-order valence-electron chi connectivity index (χ4n) is 1.25. The van der Waals surface area contributed by atoms with Gasteiger partial charge in [-0.05, 0) is 30.2 Å². The summed E-state index contributed by atoms with van der Waals surface area (Å²) < 4.78 is 12.9. The van der Waals surface area contributed by atoms with Crippen molar-refractivity contribution in [1.82, 2.24) is 0 Å². The van der Waals surface area contributed by atoms with Gasteiger partial charge in [0.05, 0.1) is 0 Å². The Kier molecular flexibility index (Phi) is 3.39. The minimum absolute atomic E-state index is 0.0439. The van der Waals surface area contributed by atoms with E-state index in [0.29, 0.717) is 5.56 Å². The lowest BCUT2D eigenvalue weighted by molar-refractivity contribution is -0.153. The van der Waals surface area contributed by atoms with Crippen LogP contribution >= 0.6 is 0 Å². The first kappa shape index (κ1) is 11.6. The van der Waals surface area contributed by atoms with Crippen molar-refractivity contribution in [2.24, 2.45) is 0 Å². The van der Waals surface area contributed by atoms with Crippen LogP contribution in [-0.4, -0.2) is 27.4 Å². The number of halogens is 1. The summed E-state index contributed by atoms with van der Waals surface area (Å²) in [6.07, 6.45) is -3.58. The molecule has 0 radical (unpaired) electrons. The second-order valence-corrected chi connectivity index (χ2v) is 3.29. The molecule has 0 aromatic heterocycles. The fourth-order valence-corrected chi connectivity index (χ4v) is 1.25. The number of carboxylic acids is 1. The Morgan fingerprint density at radius 1 is 1.33 bits per heavy atom. The van der Waals surface area contributed by atoms with E-state index in [0.717, 1.165) is 6.07 Å². The highest BCUT2D eigenvalue weighted by molar-refractivity contribution is 5.73. The molecule has 15 heavy (non-hydrogen) atoms. The highest BCUT2D eigenvalue weighted by Gasteiger charge is 2.25. The molecule has 0 amide bonds. The van der Waals surface area contributed by atoms with Gasteiger partial charge in [-0.3, -0.25) is 0 Å². The molecule has 2 atom stereocenters. The summed E-state index contributed by atoms with van der Waals surface area (Å²) in [6.45, 7) is 1.60. The molecule has 0 bridgehead atoms. The maximum Gasteiger partial charge on any atom is 0.335 e. The van der Waals surface area contributed by atoms with Crippen LogP contribution in [0, 0.1) is 12.7 Å². The van der Waals surface area contributed by atoms with Gasteiger partial charge in [-0.15, -0.1) is 0 Å². The number of rotatable bonds is 3. The molecule has 0 saturated carbocycles. The molecule has 0 aliphatic rings. The molecule has 82 valence electrons. The molecule has 0 spiro atoms. The molecule has 0 aliphatic carbocycles. The zero-order valence-electron chi connectivity index (χ0n) is 8.01. The third-order valence-corrected chi connectivity index (χ3v) is 1.96. The summed E-state index contributed by atoms with van der Waals surface area (Å²) in [6, 6.07) is 3.65. The van der Waals surface area contributed by atoms with Crippen molar-refractivity contribution < 1.29 is 24.5 Å². The Morgan fingerprint density at radius 3 is 2.40 bits per heavy atom. The van der Waals surface area contributed by atoms with Gasteiger partial charge in [-0.1, -0.05) is 6.07 Å². The predicted molar refractivity (Wildman–Crippen MR) is 49.7 cm³/mol. The zero-order valence-corrected chi connectivity index (χ0v) is 8.01. The summed E-state index contributed by atoms with van der Waals surface area (Å²) in [7, 11) is 0. The molecule has 0 saturated heterocycles. The molecule has 3 N–H and O–H groups in total. The maximum atomic E-state index is 12.9. The molecular formula is C10H11FO4. The Labute approximate surface area is 85.6 Å². The van der Waals surface area contributed by atoms with Crippen LogP contribution in [0.4, 0.5) is 4.39 Å². The highest BCUT2D eigenvalue weighted by atomic mass is 19.1. The smallest absolute Gasteiger partial charge is 0.335 e. The van der Waals surface area contributed by atoms with Gasteiger partial charge < -0.3 is 15.3 Å². The fraction of sp³-hybridized carbons (Fsp3) is 0.300. The molecule has 5 heteroatoms. The van der Waals surface area contributed by atoms with Crippen LogP contribution in [0.1, 0.15) is 17.2 Å². The Balaban J connectivity index is 3.00. The third-order valence-electron chi connectivity index (χ3n) is 1.96. The van der Waals surface area contributed by atoms with E-state index in [1.54, 1.807) is 6.92 Å². The molecule has 1 rings (SSSR count). The number of aliphatic hydroxyl groups excluding tert-OH is 2. The lowest BCUT2D eigenvalue weighted by Crippen LogP contribution is -2.27. The number of carbonyl (C=O) groups is 1. The predicted octanol–water partition coefficient (Wildman–Crippen LogP) is 0.613. The van der Waals surface area contributed by atoms with Crippen molar-refractivity contribution in [2.45, 2.75) is 19.1 Å². The van der Waals surface area contributed by atoms with E-state index in [4.69, 9.17) is 10.2 Å². The van der Waals surface area contributed by atoms with Crippen molar-refractivity contribution >= 4 is 5.97 Å². The van der Waals surface area contributed by atoms with Crippen molar-refractivity contribution in [3.8, 4) is 0 Å². The van der Waals surface area contributed by atoms with Crippen LogP contribution in [0.2, 0.25) is 0 Å². The number of hydrogen-bond acceptors (Lipinski definition) is 3. The van der Waals surface area contributed by atoms with Gasteiger partial charge >= 0.3 is 5.97 Å². The molecular weight excluding hydrogens is 203 g/mol. The minimum Gasteiger partial charge on any atom is -0.479 e. The summed E-state index contributed by atoms with van der Waals surface area (Å²) in [4.78, 5) is 10.4. The van der Waals surface area contributed by atoms with E-state index in [1.165, 1.54) is 12.1 Å². The van der Waals surface area contributed by atoms with Crippen LogP contribution in [0.25, 0.3) is 0 Å². The van der Waals surface area contributed by atoms with Gasteiger partial charge in [0, 0.05) is 0 Å². The van der Waals surface area contributed by atoms with Crippen molar-refractivity contribution in [3.63, 3.8) is 0 Å². The molecule has 1 aromatic carbocycles. The number of carboxylic acid groups (broad SMARTS) is 1. The molecule has 4 nitrogen and oxygen atoms in total. The van der Waals surface area contributed by atoms with Crippen LogP contribution in [0.15, 0.2) is 18.2 Å². The van der Waals surface area contributed by atoms with E-state index in [9.17, 15) is 14.3 Å². The van der Waals surface area contributed by atoms with Gasteiger partial charge in [-0.25, -0.2) is 9.18 Å². The normalized spacial score (nSPS) is 14.7. The third kappa shape index (κ3) is 2.74. The van der Waals surface area contributed by atoms with Crippen LogP contribution < -0.4 is 0 Å². The first-order chi connectivity index (χ1) is 6.91. The van der Waals surface area contributed by atoms with E-state index < -0.39 is 24.0 Å². The quantitative estimate of drug-likeness (QED) is 0.689. The van der Waals surface area contributed by atoms with E-state index >= 15 is 0 Å². The largest absolute Gasteiger partial charge is 0.479 e. The van der Waals surface area contributed by atoms with Gasteiger partial charge in [0.25, 0.3) is 0 Å². The lowest BCUT2D eigenvalue weighted by atomic mass is 10.0. The summed E-state index contributed by atoms with van der Waals surface area (Å²) in [5.41, 5.74) is 0.587. The van der Waals surface area contributed by atoms with Crippen LogP contribution in [0.5, 0.6) is 0 Å². The topological polar surface area (TPSA) is 77.8 Å². The van der Waals surface area contributed by atoms with Crippen LogP contribution in [-0.2, 0) is 4.79 Å². The monoisotopic (exact) mass is 214 g/mol. The lowest BCUT2D eigenvalue weighted by Gasteiger charge is -2.14. The minimum atomic E-state index is -1.95. The molecule has 2 unspecified atom stereocenters. The van der Waals surface area contributed by atoms with E-state index in [2.05, 4.69) is 0 Å². The zero-order chi connectivity index (χ0) is 11.6. The van der Waals surface area contributed by atoms with Gasteiger partial charge in [0.1, 0.15) is 11.9 Å².